The Balaban J connectivity index is 1.65. The number of hydrogen-bond donors (Lipinski definition) is 1. The van der Waals surface area contributed by atoms with Gasteiger partial charge in [0.1, 0.15) is 0 Å². The highest BCUT2D eigenvalue weighted by Crippen LogP contribution is 2.35. The van der Waals surface area contributed by atoms with Crippen molar-refractivity contribution in [2.75, 3.05) is 13.7 Å². The van der Waals surface area contributed by atoms with Crippen molar-refractivity contribution in [3.05, 3.63) is 42.2 Å². The summed E-state index contributed by atoms with van der Waals surface area (Å²) in [6.07, 6.45) is 4.87. The number of methoxy groups -OCH3 is 1. The van der Waals surface area contributed by atoms with Crippen LogP contribution in [0.3, 0.4) is 0 Å². The van der Waals surface area contributed by atoms with Gasteiger partial charge in [0.2, 0.25) is 10.0 Å². The first-order valence-electron chi connectivity index (χ1n) is 10.5. The molecule has 1 N–H and O–H groups in total. The van der Waals surface area contributed by atoms with Gasteiger partial charge < -0.3 is 14.0 Å². The maximum Gasteiger partial charge on any atom is 0.264 e. The summed E-state index contributed by atoms with van der Waals surface area (Å²) in [5, 5.41) is 0.459. The minimum Gasteiger partial charge on any atom is -0.491 e. The molecule has 2 aromatic heterocycles. The molecule has 4 rings (SSSR count). The molecule has 0 unspecified atom stereocenters. The number of benzene rings is 1. The van der Waals surface area contributed by atoms with E-state index >= 15 is 0 Å². The van der Waals surface area contributed by atoms with E-state index in [-0.39, 0.29) is 0 Å². The number of fused-ring (bicyclic) bond motifs is 1. The summed E-state index contributed by atoms with van der Waals surface area (Å²) in [4.78, 5) is 16.9. The van der Waals surface area contributed by atoms with Gasteiger partial charge in [-0.2, -0.15) is 0 Å². The van der Waals surface area contributed by atoms with Gasteiger partial charge in [-0.15, -0.1) is 0 Å². The van der Waals surface area contributed by atoms with Crippen LogP contribution in [0.4, 0.5) is 0 Å². The molecule has 0 aliphatic heterocycles. The standard InChI is InChI=1S/C23H27N3O5S/c1-14(2)13-31-23-21(30-4)10-16(11-24-23)19-12-26(3)20-9-15(5-8-18(19)20)22(27)25-32(28,29)17-6-7-17/h5,8-12,14,17H,6-7,13H2,1-4H3,(H,25,27). The summed E-state index contributed by atoms with van der Waals surface area (Å²) in [6.45, 7) is 4.66. The van der Waals surface area contributed by atoms with Crippen LogP contribution in [-0.4, -0.2) is 42.8 Å². The average Bonchev–Trinajstić information content (AvgIpc) is 3.57. The molecule has 0 atom stereocenters. The highest BCUT2D eigenvalue weighted by molar-refractivity contribution is 7.91. The zero-order chi connectivity index (χ0) is 23.0. The van der Waals surface area contributed by atoms with E-state index in [4.69, 9.17) is 9.47 Å². The van der Waals surface area contributed by atoms with Crippen LogP contribution < -0.4 is 14.2 Å². The van der Waals surface area contributed by atoms with Gasteiger partial charge in [-0.3, -0.25) is 4.79 Å². The first-order chi connectivity index (χ1) is 15.2. The molecule has 170 valence electrons. The van der Waals surface area contributed by atoms with Crippen LogP contribution in [0.25, 0.3) is 22.0 Å². The Bertz CT molecular complexity index is 1280. The molecule has 1 saturated carbocycles. The van der Waals surface area contributed by atoms with Crippen LogP contribution in [0.1, 0.15) is 37.0 Å². The number of nitrogens with one attached hydrogen (secondary N) is 1. The van der Waals surface area contributed by atoms with Crippen LogP contribution in [0.2, 0.25) is 0 Å². The number of sulfonamides is 1. The Labute approximate surface area is 187 Å². The van der Waals surface area contributed by atoms with Gasteiger partial charge in [-0.1, -0.05) is 19.9 Å². The van der Waals surface area contributed by atoms with E-state index in [0.717, 1.165) is 22.0 Å². The van der Waals surface area contributed by atoms with Crippen molar-refractivity contribution in [3.8, 4) is 22.8 Å². The number of aryl methyl sites for hydroxylation is 1. The predicted octanol–water partition coefficient (Wildman–Crippen LogP) is 3.51. The fourth-order valence-corrected chi connectivity index (χ4v) is 4.78. The van der Waals surface area contributed by atoms with E-state index < -0.39 is 21.2 Å². The van der Waals surface area contributed by atoms with E-state index in [0.29, 0.717) is 42.6 Å². The quantitative estimate of drug-likeness (QED) is 0.556. The smallest absolute Gasteiger partial charge is 0.264 e. The molecule has 3 aromatic rings. The predicted molar refractivity (Wildman–Crippen MR) is 122 cm³/mol. The lowest BCUT2D eigenvalue weighted by molar-refractivity contribution is 0.0981. The van der Waals surface area contributed by atoms with Crippen molar-refractivity contribution >= 4 is 26.8 Å². The molecule has 32 heavy (non-hydrogen) atoms. The molecule has 8 nitrogen and oxygen atoms in total. The van der Waals surface area contributed by atoms with Crippen LogP contribution in [0.5, 0.6) is 11.6 Å². The van der Waals surface area contributed by atoms with Crippen LogP contribution >= 0.6 is 0 Å². The van der Waals surface area contributed by atoms with Crippen molar-refractivity contribution in [3.63, 3.8) is 0 Å². The van der Waals surface area contributed by atoms with Crippen LogP contribution in [0, 0.1) is 5.92 Å². The topological polar surface area (TPSA) is 99.5 Å². The molecule has 0 radical (unpaired) electrons. The molecule has 0 saturated heterocycles. The van der Waals surface area contributed by atoms with E-state index in [2.05, 4.69) is 23.6 Å². The normalized spacial score (nSPS) is 14.0. The minimum absolute atomic E-state index is 0.294. The lowest BCUT2D eigenvalue weighted by atomic mass is 10.0. The van der Waals surface area contributed by atoms with Crippen molar-refractivity contribution in [2.24, 2.45) is 13.0 Å². The van der Waals surface area contributed by atoms with Crippen molar-refractivity contribution in [2.45, 2.75) is 31.9 Å². The Kier molecular flexibility index (Phi) is 5.85. The number of amides is 1. The minimum atomic E-state index is -3.60. The van der Waals surface area contributed by atoms with Gasteiger partial charge >= 0.3 is 0 Å². The number of pyridine rings is 1. The zero-order valence-corrected chi connectivity index (χ0v) is 19.4. The molecule has 2 heterocycles. The Morgan fingerprint density at radius 3 is 2.69 bits per heavy atom. The summed E-state index contributed by atoms with van der Waals surface area (Å²) < 4.78 is 39.5. The number of ether oxygens (including phenoxy) is 2. The molecule has 1 aliphatic carbocycles. The third kappa shape index (κ3) is 4.43. The average molecular weight is 458 g/mol. The summed E-state index contributed by atoms with van der Waals surface area (Å²) in [7, 11) is -0.148. The fraction of sp³-hybridized carbons (Fsp3) is 0.391. The van der Waals surface area contributed by atoms with E-state index in [1.165, 1.54) is 0 Å². The molecule has 0 spiro atoms. The lowest BCUT2D eigenvalue weighted by Crippen LogP contribution is -2.33. The van der Waals surface area contributed by atoms with Crippen molar-refractivity contribution in [1.29, 1.82) is 0 Å². The second-order valence-electron chi connectivity index (χ2n) is 8.50. The lowest BCUT2D eigenvalue weighted by Gasteiger charge is -2.12. The molecule has 1 aromatic carbocycles. The van der Waals surface area contributed by atoms with E-state index in [1.807, 2.05) is 29.9 Å². The number of rotatable bonds is 8. The van der Waals surface area contributed by atoms with Gasteiger partial charge in [0.05, 0.1) is 19.0 Å². The third-order valence-corrected chi connectivity index (χ3v) is 7.17. The molecule has 9 heteroatoms. The maximum atomic E-state index is 12.5. The Morgan fingerprint density at radius 2 is 2.03 bits per heavy atom. The summed E-state index contributed by atoms with van der Waals surface area (Å²) >= 11 is 0. The van der Waals surface area contributed by atoms with Gasteiger partial charge in [-0.25, -0.2) is 18.1 Å². The number of carbonyl (C=O) groups is 1. The Hall–Kier alpha value is -3.07. The first-order valence-corrected chi connectivity index (χ1v) is 12.1. The summed E-state index contributed by atoms with van der Waals surface area (Å²) in [5.74, 6) is 0.740. The zero-order valence-electron chi connectivity index (χ0n) is 18.6. The molecular weight excluding hydrogens is 430 g/mol. The molecule has 1 fully saturated rings. The molecular formula is C23H27N3O5S. The number of nitrogens with zero attached hydrogens (tertiary/aromatic N) is 2. The molecule has 0 bridgehead atoms. The summed E-state index contributed by atoms with van der Waals surface area (Å²) in [6, 6.07) is 7.02. The molecule has 1 amide bonds. The first kappa shape index (κ1) is 22.1. The van der Waals surface area contributed by atoms with Crippen LogP contribution in [-0.2, 0) is 17.1 Å². The van der Waals surface area contributed by atoms with Gasteiger partial charge in [0, 0.05) is 47.0 Å². The van der Waals surface area contributed by atoms with E-state index in [1.54, 1.807) is 25.4 Å². The van der Waals surface area contributed by atoms with Crippen molar-refractivity contribution in [1.82, 2.24) is 14.3 Å². The van der Waals surface area contributed by atoms with Crippen LogP contribution in [0.15, 0.2) is 36.7 Å². The second kappa shape index (κ2) is 8.46. The number of hydrogen-bond acceptors (Lipinski definition) is 6. The highest BCUT2D eigenvalue weighted by atomic mass is 32.2. The number of aromatic nitrogens is 2. The van der Waals surface area contributed by atoms with Crippen molar-refractivity contribution < 1.29 is 22.7 Å². The second-order valence-corrected chi connectivity index (χ2v) is 10.5. The van der Waals surface area contributed by atoms with E-state index in [9.17, 15) is 13.2 Å². The van der Waals surface area contributed by atoms with Gasteiger partial charge in [-0.05, 0) is 37.0 Å². The maximum absolute atomic E-state index is 12.5. The monoisotopic (exact) mass is 457 g/mol. The third-order valence-electron chi connectivity index (χ3n) is 5.35. The fourth-order valence-electron chi connectivity index (χ4n) is 3.48. The molecule has 1 aliphatic rings. The highest BCUT2D eigenvalue weighted by Gasteiger charge is 2.37. The van der Waals surface area contributed by atoms with Gasteiger partial charge in [0.15, 0.2) is 5.75 Å². The largest absolute Gasteiger partial charge is 0.491 e. The number of carbonyl (C=O) groups excluding carboxylic acids is 1. The summed E-state index contributed by atoms with van der Waals surface area (Å²) in [5.41, 5.74) is 2.86. The van der Waals surface area contributed by atoms with Gasteiger partial charge in [0.25, 0.3) is 11.8 Å². The Morgan fingerprint density at radius 1 is 1.28 bits per heavy atom. The SMILES string of the molecule is COc1cc(-c2cn(C)c3cc(C(=O)NS(=O)(=O)C4CC4)ccc23)cnc1OCC(C)C.